The first-order chi connectivity index (χ1) is 9.71. The SMILES string of the molecule is N#Cc1ccc(OC2CCOC3(CCOC3)C2)cc1Cl. The number of benzene rings is 1. The average Bonchev–Trinajstić information content (AvgIpc) is 2.87. The van der Waals surface area contributed by atoms with E-state index in [9.17, 15) is 0 Å². The summed E-state index contributed by atoms with van der Waals surface area (Å²) in [5, 5.41) is 9.29. The number of hydrogen-bond acceptors (Lipinski definition) is 4. The molecule has 0 bridgehead atoms. The zero-order valence-corrected chi connectivity index (χ0v) is 11.9. The predicted octanol–water partition coefficient (Wildman–Crippen LogP) is 2.93. The highest BCUT2D eigenvalue weighted by atomic mass is 35.5. The molecule has 3 rings (SSSR count). The molecule has 0 amide bonds. The summed E-state index contributed by atoms with van der Waals surface area (Å²) in [6, 6.07) is 7.22. The summed E-state index contributed by atoms with van der Waals surface area (Å²) in [5.74, 6) is 0.704. The average molecular weight is 294 g/mol. The highest BCUT2D eigenvalue weighted by Crippen LogP contribution is 2.35. The third-order valence-corrected chi connectivity index (χ3v) is 4.19. The summed E-state index contributed by atoms with van der Waals surface area (Å²) in [7, 11) is 0. The lowest BCUT2D eigenvalue weighted by Gasteiger charge is -2.37. The molecule has 2 saturated heterocycles. The van der Waals surface area contributed by atoms with Crippen LogP contribution in [-0.2, 0) is 9.47 Å². The summed E-state index contributed by atoms with van der Waals surface area (Å²) in [6.07, 6.45) is 2.74. The molecule has 2 heterocycles. The fourth-order valence-electron chi connectivity index (χ4n) is 2.80. The van der Waals surface area contributed by atoms with Gasteiger partial charge in [-0.3, -0.25) is 0 Å². The molecular weight excluding hydrogens is 278 g/mol. The summed E-state index contributed by atoms with van der Waals surface area (Å²) in [5.41, 5.74) is 0.297. The van der Waals surface area contributed by atoms with Crippen molar-refractivity contribution in [1.82, 2.24) is 0 Å². The van der Waals surface area contributed by atoms with Crippen molar-refractivity contribution in [3.8, 4) is 11.8 Å². The number of hydrogen-bond donors (Lipinski definition) is 0. The molecule has 1 aromatic rings. The second-order valence-corrected chi connectivity index (χ2v) is 5.73. The zero-order valence-electron chi connectivity index (χ0n) is 11.1. The van der Waals surface area contributed by atoms with Gasteiger partial charge in [-0.15, -0.1) is 0 Å². The number of nitrogens with zero attached hydrogens (tertiary/aromatic N) is 1. The Kier molecular flexibility index (Phi) is 3.84. The van der Waals surface area contributed by atoms with Crippen molar-refractivity contribution in [2.24, 2.45) is 0 Å². The first-order valence-corrected chi connectivity index (χ1v) is 7.17. The topological polar surface area (TPSA) is 51.5 Å². The Morgan fingerprint density at radius 2 is 2.30 bits per heavy atom. The van der Waals surface area contributed by atoms with Crippen molar-refractivity contribution in [1.29, 1.82) is 5.26 Å². The van der Waals surface area contributed by atoms with E-state index in [1.165, 1.54) is 0 Å². The minimum atomic E-state index is -0.167. The van der Waals surface area contributed by atoms with E-state index < -0.39 is 0 Å². The van der Waals surface area contributed by atoms with Crippen molar-refractivity contribution < 1.29 is 14.2 Å². The molecule has 0 saturated carbocycles. The van der Waals surface area contributed by atoms with Gasteiger partial charge in [-0.25, -0.2) is 0 Å². The maximum Gasteiger partial charge on any atom is 0.121 e. The van der Waals surface area contributed by atoms with Crippen molar-refractivity contribution in [2.45, 2.75) is 31.0 Å². The van der Waals surface area contributed by atoms with Crippen LogP contribution in [0.3, 0.4) is 0 Å². The highest BCUT2D eigenvalue weighted by Gasteiger charge is 2.41. The molecular formula is C15H16ClNO3. The molecule has 1 aromatic carbocycles. The fraction of sp³-hybridized carbons (Fsp3) is 0.533. The predicted molar refractivity (Wildman–Crippen MR) is 73.9 cm³/mol. The van der Waals surface area contributed by atoms with Crippen LogP contribution in [0.15, 0.2) is 18.2 Å². The smallest absolute Gasteiger partial charge is 0.121 e. The van der Waals surface area contributed by atoms with Gasteiger partial charge < -0.3 is 14.2 Å². The van der Waals surface area contributed by atoms with Gasteiger partial charge in [0, 0.05) is 31.9 Å². The van der Waals surface area contributed by atoms with Crippen LogP contribution >= 0.6 is 11.6 Å². The fourth-order valence-corrected chi connectivity index (χ4v) is 3.01. The molecule has 106 valence electrons. The normalized spacial score (nSPS) is 29.3. The summed E-state index contributed by atoms with van der Waals surface area (Å²) in [4.78, 5) is 0. The van der Waals surface area contributed by atoms with Crippen LogP contribution in [0.2, 0.25) is 5.02 Å². The van der Waals surface area contributed by atoms with Gasteiger partial charge in [-0.05, 0) is 12.1 Å². The Labute approximate surface area is 123 Å². The molecule has 5 heteroatoms. The molecule has 0 N–H and O–H groups in total. The van der Waals surface area contributed by atoms with Gasteiger partial charge in [0.25, 0.3) is 0 Å². The van der Waals surface area contributed by atoms with E-state index in [1.54, 1.807) is 18.2 Å². The summed E-state index contributed by atoms with van der Waals surface area (Å²) < 4.78 is 17.3. The third-order valence-electron chi connectivity index (χ3n) is 3.88. The van der Waals surface area contributed by atoms with Crippen LogP contribution in [-0.4, -0.2) is 31.5 Å². The second kappa shape index (κ2) is 5.61. The van der Waals surface area contributed by atoms with E-state index in [2.05, 4.69) is 0 Å². The Balaban J connectivity index is 1.68. The van der Waals surface area contributed by atoms with E-state index in [0.29, 0.717) is 29.5 Å². The number of halogens is 1. The monoisotopic (exact) mass is 293 g/mol. The van der Waals surface area contributed by atoms with Crippen LogP contribution < -0.4 is 4.74 Å². The van der Waals surface area contributed by atoms with Crippen molar-refractivity contribution in [3.05, 3.63) is 28.8 Å². The van der Waals surface area contributed by atoms with Gasteiger partial charge in [-0.1, -0.05) is 11.6 Å². The molecule has 1 spiro atoms. The molecule has 2 unspecified atom stereocenters. The van der Waals surface area contributed by atoms with Gasteiger partial charge in [0.05, 0.1) is 29.4 Å². The van der Waals surface area contributed by atoms with Gasteiger partial charge in [0.15, 0.2) is 0 Å². The van der Waals surface area contributed by atoms with Crippen LogP contribution in [0, 0.1) is 11.3 Å². The van der Waals surface area contributed by atoms with Gasteiger partial charge in [0.2, 0.25) is 0 Å². The molecule has 0 aromatic heterocycles. The first kappa shape index (κ1) is 13.7. The molecule has 0 radical (unpaired) electrons. The van der Waals surface area contributed by atoms with E-state index in [-0.39, 0.29) is 11.7 Å². The largest absolute Gasteiger partial charge is 0.490 e. The number of nitriles is 1. The lowest BCUT2D eigenvalue weighted by Crippen LogP contribution is -2.44. The maximum absolute atomic E-state index is 8.86. The summed E-state index contributed by atoms with van der Waals surface area (Å²) >= 11 is 6.02. The lowest BCUT2D eigenvalue weighted by atomic mass is 9.91. The highest BCUT2D eigenvalue weighted by molar-refractivity contribution is 6.31. The molecule has 4 nitrogen and oxygen atoms in total. The van der Waals surface area contributed by atoms with E-state index in [4.69, 9.17) is 31.1 Å². The Bertz CT molecular complexity index is 534. The molecule has 2 atom stereocenters. The van der Waals surface area contributed by atoms with Gasteiger partial charge >= 0.3 is 0 Å². The minimum absolute atomic E-state index is 0.106. The van der Waals surface area contributed by atoms with Crippen molar-refractivity contribution >= 4 is 11.6 Å². The lowest BCUT2D eigenvalue weighted by molar-refractivity contribution is -0.112. The molecule has 0 aliphatic carbocycles. The Morgan fingerprint density at radius 3 is 3.00 bits per heavy atom. The van der Waals surface area contributed by atoms with Crippen LogP contribution in [0.5, 0.6) is 5.75 Å². The van der Waals surface area contributed by atoms with Gasteiger partial charge in [0.1, 0.15) is 17.9 Å². The quantitative estimate of drug-likeness (QED) is 0.841. The first-order valence-electron chi connectivity index (χ1n) is 6.79. The van der Waals surface area contributed by atoms with Crippen molar-refractivity contribution in [3.63, 3.8) is 0 Å². The Hall–Kier alpha value is -1.28. The summed E-state index contributed by atoms with van der Waals surface area (Å²) in [6.45, 7) is 2.11. The number of ether oxygens (including phenoxy) is 3. The molecule has 20 heavy (non-hydrogen) atoms. The van der Waals surface area contributed by atoms with E-state index in [0.717, 1.165) is 25.9 Å². The van der Waals surface area contributed by atoms with Crippen LogP contribution in [0.1, 0.15) is 24.8 Å². The van der Waals surface area contributed by atoms with Crippen molar-refractivity contribution in [2.75, 3.05) is 19.8 Å². The number of rotatable bonds is 2. The van der Waals surface area contributed by atoms with E-state index >= 15 is 0 Å². The minimum Gasteiger partial charge on any atom is -0.490 e. The standard InChI is InChI=1S/C15H16ClNO3/c16-14-7-12(2-1-11(14)9-17)20-13-3-5-19-15(8-13)4-6-18-10-15/h1-2,7,13H,3-6,8,10H2. The van der Waals surface area contributed by atoms with Gasteiger partial charge in [-0.2, -0.15) is 5.26 Å². The van der Waals surface area contributed by atoms with Crippen LogP contribution in [0.25, 0.3) is 0 Å². The Morgan fingerprint density at radius 1 is 1.40 bits per heavy atom. The maximum atomic E-state index is 8.86. The molecule has 2 fully saturated rings. The van der Waals surface area contributed by atoms with Crippen LogP contribution in [0.4, 0.5) is 0 Å². The molecule has 2 aliphatic heterocycles. The molecule has 2 aliphatic rings. The third kappa shape index (κ3) is 2.76. The second-order valence-electron chi connectivity index (χ2n) is 5.32. The van der Waals surface area contributed by atoms with E-state index in [1.807, 2.05) is 6.07 Å². The zero-order chi connectivity index (χ0) is 14.0.